The number of nitro groups is 1. The molecular formula is C22H19N3O6. The lowest BCUT2D eigenvalue weighted by Gasteiger charge is -2.14. The van der Waals surface area contributed by atoms with Gasteiger partial charge >= 0.3 is 0 Å². The van der Waals surface area contributed by atoms with Crippen molar-refractivity contribution in [2.45, 2.75) is 18.9 Å². The van der Waals surface area contributed by atoms with Crippen molar-refractivity contribution in [3.63, 3.8) is 0 Å². The molecule has 0 unspecified atom stereocenters. The van der Waals surface area contributed by atoms with Crippen LogP contribution in [0.4, 0.5) is 11.4 Å². The smallest absolute Gasteiger partial charge is 0.271 e. The number of aromatic hydroxyl groups is 1. The first-order valence-corrected chi connectivity index (χ1v) is 9.64. The molecule has 3 aromatic rings. The molecule has 1 fully saturated rings. The number of phenolic OH excluding ortho intramolecular Hbond substituents is 1. The molecule has 9 heteroatoms. The van der Waals surface area contributed by atoms with Gasteiger partial charge in [-0.15, -0.1) is 0 Å². The van der Waals surface area contributed by atoms with Gasteiger partial charge in [-0.05, 0) is 41.8 Å². The maximum Gasteiger partial charge on any atom is 0.271 e. The van der Waals surface area contributed by atoms with Crippen LogP contribution in [0.3, 0.4) is 0 Å². The summed E-state index contributed by atoms with van der Waals surface area (Å²) < 4.78 is 5.64. The molecule has 3 N–H and O–H groups in total. The van der Waals surface area contributed by atoms with Crippen molar-refractivity contribution >= 4 is 34.0 Å². The van der Waals surface area contributed by atoms with Gasteiger partial charge in [0.25, 0.3) is 17.5 Å². The van der Waals surface area contributed by atoms with Gasteiger partial charge in [0.2, 0.25) is 0 Å². The van der Waals surface area contributed by atoms with Crippen LogP contribution < -0.4 is 15.4 Å². The monoisotopic (exact) mass is 421 g/mol. The summed E-state index contributed by atoms with van der Waals surface area (Å²) in [5, 5.41) is 27.9. The number of nitrogens with one attached hydrogen (secondary N) is 2. The Morgan fingerprint density at radius 1 is 1.10 bits per heavy atom. The van der Waals surface area contributed by atoms with Crippen LogP contribution >= 0.6 is 0 Å². The summed E-state index contributed by atoms with van der Waals surface area (Å²) >= 11 is 0. The second kappa shape index (κ2) is 8.31. The highest BCUT2D eigenvalue weighted by Gasteiger charge is 2.24. The lowest BCUT2D eigenvalue weighted by molar-refractivity contribution is -0.384. The van der Waals surface area contributed by atoms with E-state index in [1.54, 1.807) is 12.1 Å². The van der Waals surface area contributed by atoms with Crippen LogP contribution in [-0.4, -0.2) is 34.5 Å². The van der Waals surface area contributed by atoms with Crippen LogP contribution in [0.25, 0.3) is 10.8 Å². The van der Waals surface area contributed by atoms with Crippen molar-refractivity contribution in [2.75, 3.05) is 11.9 Å². The van der Waals surface area contributed by atoms with Crippen LogP contribution in [0.15, 0.2) is 54.6 Å². The molecule has 9 nitrogen and oxygen atoms in total. The molecule has 0 saturated heterocycles. The number of carbonyl (C=O) groups excluding carboxylic acids is 2. The van der Waals surface area contributed by atoms with Gasteiger partial charge in [-0.3, -0.25) is 19.7 Å². The van der Waals surface area contributed by atoms with Crippen molar-refractivity contribution < 1.29 is 24.4 Å². The number of rotatable bonds is 7. The number of nitro benzene ring substituents is 1. The first-order valence-electron chi connectivity index (χ1n) is 9.64. The summed E-state index contributed by atoms with van der Waals surface area (Å²) in [4.78, 5) is 35.4. The van der Waals surface area contributed by atoms with Crippen LogP contribution in [-0.2, 0) is 4.79 Å². The Morgan fingerprint density at radius 2 is 1.81 bits per heavy atom. The number of fused-ring (bicyclic) bond motifs is 1. The third-order valence-corrected chi connectivity index (χ3v) is 4.83. The molecular weight excluding hydrogens is 402 g/mol. The third-order valence-electron chi connectivity index (χ3n) is 4.83. The summed E-state index contributed by atoms with van der Waals surface area (Å²) in [6.45, 7) is -0.253. The lowest BCUT2D eigenvalue weighted by atomic mass is 10.0. The van der Waals surface area contributed by atoms with Crippen LogP contribution in [0.2, 0.25) is 0 Å². The fourth-order valence-electron chi connectivity index (χ4n) is 3.08. The molecule has 3 aromatic carbocycles. The average molecular weight is 421 g/mol. The number of nitrogens with zero attached hydrogens (tertiary/aromatic N) is 1. The van der Waals surface area contributed by atoms with Crippen LogP contribution in [0, 0.1) is 10.1 Å². The summed E-state index contributed by atoms with van der Waals surface area (Å²) in [7, 11) is 0. The van der Waals surface area contributed by atoms with E-state index in [9.17, 15) is 24.8 Å². The summed E-state index contributed by atoms with van der Waals surface area (Å²) in [6.07, 6.45) is 1.89. The van der Waals surface area contributed by atoms with Gasteiger partial charge in [0, 0.05) is 18.2 Å². The number of amides is 2. The predicted octanol–water partition coefficient (Wildman–Crippen LogP) is 3.36. The minimum Gasteiger partial charge on any atom is -0.506 e. The molecule has 4 rings (SSSR count). The minimum atomic E-state index is -0.640. The molecule has 31 heavy (non-hydrogen) atoms. The highest BCUT2D eigenvalue weighted by atomic mass is 16.6. The number of benzene rings is 3. The highest BCUT2D eigenvalue weighted by Crippen LogP contribution is 2.31. The third kappa shape index (κ3) is 4.72. The number of carbonyl (C=O) groups is 2. The second-order valence-electron chi connectivity index (χ2n) is 7.24. The number of phenols is 1. The van der Waals surface area contributed by atoms with Crippen molar-refractivity contribution in [2.24, 2.45) is 0 Å². The molecule has 1 saturated carbocycles. The van der Waals surface area contributed by atoms with E-state index in [0.717, 1.165) is 41.8 Å². The number of hydrogen-bond acceptors (Lipinski definition) is 6. The van der Waals surface area contributed by atoms with Crippen molar-refractivity contribution in [1.29, 1.82) is 0 Å². The van der Waals surface area contributed by atoms with Gasteiger partial charge in [0.1, 0.15) is 11.5 Å². The van der Waals surface area contributed by atoms with Gasteiger partial charge < -0.3 is 20.5 Å². The van der Waals surface area contributed by atoms with E-state index in [1.807, 2.05) is 24.3 Å². The summed E-state index contributed by atoms with van der Waals surface area (Å²) in [5.41, 5.74) is -0.256. The first kappa shape index (κ1) is 20.1. The lowest BCUT2D eigenvalue weighted by Crippen LogP contribution is -2.30. The normalized spacial score (nSPS) is 12.9. The molecule has 0 radical (unpaired) electrons. The van der Waals surface area contributed by atoms with Crippen LogP contribution in [0.5, 0.6) is 11.5 Å². The first-order chi connectivity index (χ1) is 14.9. The van der Waals surface area contributed by atoms with Gasteiger partial charge in [-0.2, -0.15) is 0 Å². The molecule has 2 amide bonds. The van der Waals surface area contributed by atoms with E-state index in [-0.39, 0.29) is 47.0 Å². The largest absolute Gasteiger partial charge is 0.506 e. The quantitative estimate of drug-likeness (QED) is 0.305. The van der Waals surface area contributed by atoms with Gasteiger partial charge in [-0.1, -0.05) is 24.3 Å². The van der Waals surface area contributed by atoms with Crippen molar-refractivity contribution in [1.82, 2.24) is 5.32 Å². The fraction of sp³-hybridized carbons (Fsp3) is 0.182. The van der Waals surface area contributed by atoms with E-state index >= 15 is 0 Å². The van der Waals surface area contributed by atoms with E-state index in [2.05, 4.69) is 10.6 Å². The van der Waals surface area contributed by atoms with E-state index < -0.39 is 10.8 Å². The van der Waals surface area contributed by atoms with Crippen molar-refractivity contribution in [3.05, 3.63) is 70.3 Å². The minimum absolute atomic E-state index is 0.107. The Morgan fingerprint density at radius 3 is 2.48 bits per heavy atom. The topological polar surface area (TPSA) is 131 Å². The number of hydrogen-bond donors (Lipinski definition) is 3. The van der Waals surface area contributed by atoms with Gasteiger partial charge in [-0.25, -0.2) is 0 Å². The zero-order valence-corrected chi connectivity index (χ0v) is 16.3. The molecule has 0 bridgehead atoms. The molecule has 0 aromatic heterocycles. The number of ether oxygens (including phenoxy) is 1. The zero-order valence-electron chi connectivity index (χ0n) is 16.3. The Balaban J connectivity index is 1.62. The number of non-ortho nitro benzene ring substituents is 1. The fourth-order valence-corrected chi connectivity index (χ4v) is 3.08. The second-order valence-corrected chi connectivity index (χ2v) is 7.24. The summed E-state index contributed by atoms with van der Waals surface area (Å²) in [5.74, 6) is -1.05. The van der Waals surface area contributed by atoms with Crippen molar-refractivity contribution in [3.8, 4) is 11.5 Å². The molecule has 1 aliphatic carbocycles. The van der Waals surface area contributed by atoms with E-state index in [0.29, 0.717) is 0 Å². The zero-order chi connectivity index (χ0) is 22.0. The van der Waals surface area contributed by atoms with Crippen LogP contribution in [0.1, 0.15) is 23.2 Å². The molecule has 1 aliphatic rings. The average Bonchev–Trinajstić information content (AvgIpc) is 3.56. The maximum absolute atomic E-state index is 13.0. The highest BCUT2D eigenvalue weighted by molar-refractivity contribution is 6.09. The SMILES string of the molecule is O=C(COc1cc2ccccc2cc1C(=O)Nc1cc([N+](=O)[O-])ccc1O)NC1CC1. The Bertz CT molecular complexity index is 1190. The molecule has 0 aliphatic heterocycles. The Labute approximate surface area is 176 Å². The molecule has 0 atom stereocenters. The van der Waals surface area contributed by atoms with Gasteiger partial charge in [0.15, 0.2) is 6.61 Å². The van der Waals surface area contributed by atoms with E-state index in [4.69, 9.17) is 4.74 Å². The van der Waals surface area contributed by atoms with E-state index in [1.165, 1.54) is 0 Å². The van der Waals surface area contributed by atoms with Gasteiger partial charge in [0.05, 0.1) is 16.2 Å². The molecule has 0 spiro atoms. The predicted molar refractivity (Wildman–Crippen MR) is 113 cm³/mol. The molecule has 158 valence electrons. The maximum atomic E-state index is 13.0. The Kier molecular flexibility index (Phi) is 5.40. The summed E-state index contributed by atoms with van der Waals surface area (Å²) in [6, 6.07) is 14.1. The molecule has 0 heterocycles. The number of anilines is 1. The standard InChI is InChI=1S/C22H19N3O6/c26-19-8-7-16(25(29)30)11-18(19)24-22(28)17-9-13-3-1-2-4-14(13)10-20(17)31-12-21(27)23-15-5-6-15/h1-4,7-11,15,26H,5-6,12H2,(H,23,27)(H,24,28). The Hall–Kier alpha value is -4.14.